The smallest absolute Gasteiger partial charge is 0.306 e. The minimum atomic E-state index is -4.04. The largest absolute Gasteiger partial charge is 0.497 e. The van der Waals surface area contributed by atoms with Crippen LogP contribution in [-0.2, 0) is 33.9 Å². The first-order valence-corrected chi connectivity index (χ1v) is 22.7. The number of pyridine rings is 1. The minimum Gasteiger partial charge on any atom is -0.497 e. The fraction of sp³-hybridized carbons (Fsp3) is 0.659. The summed E-state index contributed by atoms with van der Waals surface area (Å²) in [5.41, 5.74) is -1.51. The number of nitrogens with one attached hydrogen (secondary N) is 2. The first kappa shape index (κ1) is 42.8. The Labute approximate surface area is 346 Å². The van der Waals surface area contributed by atoms with E-state index in [-0.39, 0.29) is 55.9 Å². The Bertz CT molecular complexity index is 2160. The van der Waals surface area contributed by atoms with E-state index in [1.807, 2.05) is 39.8 Å². The summed E-state index contributed by atoms with van der Waals surface area (Å²) in [4.78, 5) is 63.4. The van der Waals surface area contributed by atoms with Gasteiger partial charge in [-0.2, -0.15) is 0 Å². The van der Waals surface area contributed by atoms with Gasteiger partial charge in [-0.3, -0.25) is 23.9 Å². The van der Waals surface area contributed by atoms with E-state index >= 15 is 4.39 Å². The van der Waals surface area contributed by atoms with Crippen molar-refractivity contribution < 1.29 is 46.2 Å². The zero-order valence-corrected chi connectivity index (χ0v) is 36.1. The van der Waals surface area contributed by atoms with Crippen LogP contribution in [0.3, 0.4) is 0 Å². The summed E-state index contributed by atoms with van der Waals surface area (Å²) < 4.78 is 62.9. The number of aromatic nitrogens is 1. The van der Waals surface area contributed by atoms with Crippen molar-refractivity contribution in [3.63, 3.8) is 0 Å². The molecule has 3 aliphatic heterocycles. The highest BCUT2D eigenvalue weighted by Gasteiger charge is 2.64. The highest BCUT2D eigenvalue weighted by Crippen LogP contribution is 2.53. The molecule has 322 valence electrons. The number of fused-ring (bicyclic) bond motifs is 5. The monoisotopic (exact) mass is 838 g/mol. The number of benzene rings is 1. The van der Waals surface area contributed by atoms with Crippen molar-refractivity contribution in [1.82, 2.24) is 19.9 Å². The van der Waals surface area contributed by atoms with E-state index < -0.39 is 73.7 Å². The standard InChI is InChI=1S/C44H59FN4O9S/c1-25(2)27(5)57-35(50)19-28-13-11-9-8-10-12-14-29-21-44(29,41(53)48-59(54,55)42(6)17-18-42)47-39(51)34-23-43(24-49(34)40(28)52)22-32(45)36-31-20-30(56-7)15-16-33(31)46-37(26(3)4)38(36)58-43/h12,14-16,20,25-29,32,34H,8-11,13,17-19,21-24H2,1-7H3,(H,47,51)(H,48,53)/b14-12-/t27-,28+,29+,32+,34-,43+,44+/m0/s1. The molecule has 15 heteroatoms. The molecule has 1 spiro atoms. The Hall–Kier alpha value is -4.27. The molecule has 7 atom stereocenters. The molecule has 1 aromatic heterocycles. The van der Waals surface area contributed by atoms with Gasteiger partial charge in [0.1, 0.15) is 41.0 Å². The molecule has 1 aromatic carbocycles. The summed E-state index contributed by atoms with van der Waals surface area (Å²) in [6.07, 6.45) is 5.56. The maximum Gasteiger partial charge on any atom is 0.306 e. The molecule has 2 saturated carbocycles. The Morgan fingerprint density at radius 2 is 1.83 bits per heavy atom. The third-order valence-corrected chi connectivity index (χ3v) is 15.5. The van der Waals surface area contributed by atoms with Gasteiger partial charge in [0.15, 0.2) is 0 Å². The van der Waals surface area contributed by atoms with Crippen LogP contribution >= 0.6 is 0 Å². The summed E-state index contributed by atoms with van der Waals surface area (Å²) in [6, 6.07) is 4.04. The number of methoxy groups -OCH3 is 1. The molecule has 0 unspecified atom stereocenters. The maximum absolute atomic E-state index is 17.1. The van der Waals surface area contributed by atoms with E-state index in [1.165, 1.54) is 12.0 Å². The number of hydrogen-bond donors (Lipinski definition) is 2. The van der Waals surface area contributed by atoms with Crippen molar-refractivity contribution in [3.8, 4) is 11.5 Å². The zero-order chi connectivity index (χ0) is 42.7. The molecule has 13 nitrogen and oxygen atoms in total. The fourth-order valence-electron chi connectivity index (χ4n) is 8.82. The van der Waals surface area contributed by atoms with Gasteiger partial charge in [0.2, 0.25) is 21.8 Å². The van der Waals surface area contributed by atoms with Crippen molar-refractivity contribution in [2.75, 3.05) is 13.7 Å². The molecular formula is C44H59FN4O9S. The van der Waals surface area contributed by atoms with Crippen molar-refractivity contribution in [2.45, 2.75) is 152 Å². The molecule has 1 saturated heterocycles. The van der Waals surface area contributed by atoms with E-state index in [1.54, 1.807) is 32.0 Å². The third kappa shape index (κ3) is 8.29. The van der Waals surface area contributed by atoms with Gasteiger partial charge in [0.05, 0.1) is 36.0 Å². The second kappa shape index (κ2) is 16.0. The number of halogens is 1. The molecule has 3 amide bonds. The Balaban J connectivity index is 1.27. The molecule has 2 N–H and O–H groups in total. The second-order valence-electron chi connectivity index (χ2n) is 18.5. The maximum atomic E-state index is 17.1. The fourth-order valence-corrected chi connectivity index (χ4v) is 10.1. The van der Waals surface area contributed by atoms with Gasteiger partial charge < -0.3 is 24.4 Å². The normalized spacial score (nSPS) is 30.2. The number of carbonyl (C=O) groups is 4. The first-order valence-electron chi connectivity index (χ1n) is 21.2. The van der Waals surface area contributed by atoms with Crippen LogP contribution in [-0.4, -0.2) is 83.7 Å². The molecular weight excluding hydrogens is 780 g/mol. The van der Waals surface area contributed by atoms with Crippen LogP contribution in [0.25, 0.3) is 10.9 Å². The van der Waals surface area contributed by atoms with E-state index in [9.17, 15) is 27.6 Å². The molecule has 59 heavy (non-hydrogen) atoms. The van der Waals surface area contributed by atoms with Gasteiger partial charge in [0, 0.05) is 35.6 Å². The lowest BCUT2D eigenvalue weighted by molar-refractivity contribution is -0.155. The minimum absolute atomic E-state index is 0.0587. The summed E-state index contributed by atoms with van der Waals surface area (Å²) in [6.45, 7) is 11.0. The number of rotatable bonds is 9. The van der Waals surface area contributed by atoms with Crippen LogP contribution in [0.5, 0.6) is 11.5 Å². The van der Waals surface area contributed by atoms with Gasteiger partial charge in [-0.05, 0) is 82.4 Å². The Kier molecular flexibility index (Phi) is 11.6. The number of ether oxygens (including phenoxy) is 3. The van der Waals surface area contributed by atoms with E-state index in [2.05, 4.69) is 10.0 Å². The zero-order valence-electron chi connectivity index (χ0n) is 35.3. The Morgan fingerprint density at radius 1 is 1.08 bits per heavy atom. The number of carbonyl (C=O) groups excluding carboxylic acids is 4. The first-order chi connectivity index (χ1) is 27.8. The number of hydrogen-bond acceptors (Lipinski definition) is 10. The predicted molar refractivity (Wildman–Crippen MR) is 219 cm³/mol. The molecule has 4 heterocycles. The molecule has 7 rings (SSSR count). The van der Waals surface area contributed by atoms with Gasteiger partial charge >= 0.3 is 5.97 Å². The van der Waals surface area contributed by atoms with Crippen LogP contribution in [0.2, 0.25) is 0 Å². The lowest BCUT2D eigenvalue weighted by atomic mass is 9.85. The topological polar surface area (TPSA) is 170 Å². The third-order valence-electron chi connectivity index (χ3n) is 13.3. The van der Waals surface area contributed by atoms with Gasteiger partial charge in [-0.25, -0.2) is 17.8 Å². The number of nitrogens with zero attached hydrogens (tertiary/aromatic N) is 2. The highest BCUT2D eigenvalue weighted by atomic mass is 32.2. The second-order valence-corrected chi connectivity index (χ2v) is 20.7. The summed E-state index contributed by atoms with van der Waals surface area (Å²) in [7, 11) is -2.51. The number of sulfonamides is 1. The summed E-state index contributed by atoms with van der Waals surface area (Å²) in [5.74, 6) is -3.15. The lowest BCUT2D eigenvalue weighted by Crippen LogP contribution is -2.57. The van der Waals surface area contributed by atoms with Crippen LogP contribution in [0.15, 0.2) is 30.4 Å². The van der Waals surface area contributed by atoms with Gasteiger partial charge in [0.25, 0.3) is 5.91 Å². The van der Waals surface area contributed by atoms with Crippen LogP contribution < -0.4 is 19.5 Å². The molecule has 3 fully saturated rings. The quantitative estimate of drug-likeness (QED) is 0.210. The van der Waals surface area contributed by atoms with Crippen molar-refractivity contribution >= 4 is 44.6 Å². The summed E-state index contributed by atoms with van der Waals surface area (Å²) >= 11 is 0. The number of amides is 3. The number of allylic oxidation sites excluding steroid dienone is 1. The SMILES string of the molecule is COc1ccc2nc(C(C)C)c3c(c2c1)[C@H](F)C[C@]1(C[C@H]2C(=O)N[C@]4(C(=O)NS(=O)(=O)C5(C)CC5)C[C@H]4/C=C\CCCCC[C@H](CC(=O)O[C@@H](C)C(C)C)C(=O)N2C1)O3. The van der Waals surface area contributed by atoms with E-state index in [4.69, 9.17) is 19.2 Å². The van der Waals surface area contributed by atoms with Gasteiger partial charge in [-0.1, -0.05) is 52.7 Å². The highest BCUT2D eigenvalue weighted by molar-refractivity contribution is 7.91. The van der Waals surface area contributed by atoms with Crippen LogP contribution in [0.1, 0.15) is 136 Å². The van der Waals surface area contributed by atoms with E-state index in [0.29, 0.717) is 60.0 Å². The number of esters is 1. The summed E-state index contributed by atoms with van der Waals surface area (Å²) in [5, 5.41) is 3.45. The van der Waals surface area contributed by atoms with Crippen molar-refractivity contribution in [3.05, 3.63) is 41.6 Å². The number of alkyl halides is 1. The molecule has 2 aliphatic carbocycles. The average Bonchev–Trinajstić information content (AvgIpc) is 4.07. The average molecular weight is 839 g/mol. The molecule has 5 aliphatic rings. The lowest BCUT2D eigenvalue weighted by Gasteiger charge is -2.39. The van der Waals surface area contributed by atoms with Crippen molar-refractivity contribution in [1.29, 1.82) is 0 Å². The Morgan fingerprint density at radius 3 is 2.51 bits per heavy atom. The predicted octanol–water partition coefficient (Wildman–Crippen LogP) is 6.49. The molecule has 0 bridgehead atoms. The van der Waals surface area contributed by atoms with Crippen LogP contribution in [0.4, 0.5) is 4.39 Å². The van der Waals surface area contributed by atoms with Crippen LogP contribution in [0, 0.1) is 17.8 Å². The van der Waals surface area contributed by atoms with Crippen molar-refractivity contribution in [2.24, 2.45) is 17.8 Å². The molecule has 0 radical (unpaired) electrons. The van der Waals surface area contributed by atoms with E-state index in [0.717, 1.165) is 12.8 Å². The molecule has 2 aromatic rings. The van der Waals surface area contributed by atoms with Gasteiger partial charge in [-0.15, -0.1) is 0 Å².